The topological polar surface area (TPSA) is 83.6 Å². The van der Waals surface area contributed by atoms with Crippen molar-refractivity contribution < 1.29 is 4.79 Å². The molecular weight excluding hydrogens is 414 g/mol. The number of nitriles is 1. The van der Waals surface area contributed by atoms with E-state index < -0.39 is 0 Å². The van der Waals surface area contributed by atoms with Crippen LogP contribution in [0.25, 0.3) is 5.69 Å². The Kier molecular flexibility index (Phi) is 5.93. The van der Waals surface area contributed by atoms with Gasteiger partial charge < -0.3 is 5.32 Å². The van der Waals surface area contributed by atoms with Crippen LogP contribution in [0.3, 0.4) is 0 Å². The first-order chi connectivity index (χ1) is 14.5. The number of nitrogens with zero attached hydrogens (tertiary/aromatic N) is 4. The first kappa shape index (κ1) is 20.6. The fourth-order valence-electron chi connectivity index (χ4n) is 3.75. The number of hydrogen-bond acceptors (Lipinski definition) is 6. The fraction of sp³-hybridized carbons (Fsp3) is 0.364. The molecule has 1 aromatic carbocycles. The van der Waals surface area contributed by atoms with Crippen molar-refractivity contribution in [2.45, 2.75) is 45.2 Å². The maximum absolute atomic E-state index is 12.6. The third-order valence-electron chi connectivity index (χ3n) is 5.26. The molecule has 0 saturated heterocycles. The lowest BCUT2D eigenvalue weighted by atomic mass is 9.89. The second-order valence-electron chi connectivity index (χ2n) is 7.71. The second kappa shape index (κ2) is 8.62. The van der Waals surface area contributed by atoms with E-state index in [1.165, 1.54) is 16.6 Å². The summed E-state index contributed by atoms with van der Waals surface area (Å²) in [5, 5.41) is 22.4. The summed E-state index contributed by atoms with van der Waals surface area (Å²) in [6, 6.07) is 10.4. The van der Waals surface area contributed by atoms with E-state index in [2.05, 4.69) is 34.6 Å². The van der Waals surface area contributed by atoms with E-state index in [1.807, 2.05) is 36.6 Å². The number of hydrogen-bond donors (Lipinski definition) is 1. The number of aromatic nitrogens is 3. The Morgan fingerprint density at radius 1 is 1.40 bits per heavy atom. The Bertz CT molecular complexity index is 1140. The number of thiophene rings is 1. The number of anilines is 1. The summed E-state index contributed by atoms with van der Waals surface area (Å²) in [6.45, 7) is 6.17. The smallest absolute Gasteiger partial charge is 0.235 e. The van der Waals surface area contributed by atoms with Crippen molar-refractivity contribution in [1.82, 2.24) is 14.8 Å². The van der Waals surface area contributed by atoms with E-state index in [-0.39, 0.29) is 11.7 Å². The Labute approximate surface area is 184 Å². The van der Waals surface area contributed by atoms with Crippen molar-refractivity contribution in [1.29, 1.82) is 5.26 Å². The van der Waals surface area contributed by atoms with Crippen molar-refractivity contribution in [3.05, 3.63) is 51.7 Å². The van der Waals surface area contributed by atoms with E-state index >= 15 is 0 Å². The molecule has 0 fully saturated rings. The fourth-order valence-corrected chi connectivity index (χ4v) is 5.93. The van der Waals surface area contributed by atoms with Crippen molar-refractivity contribution in [3.8, 4) is 11.8 Å². The predicted molar refractivity (Wildman–Crippen MR) is 120 cm³/mol. The van der Waals surface area contributed by atoms with Gasteiger partial charge >= 0.3 is 0 Å². The van der Waals surface area contributed by atoms with Gasteiger partial charge in [0.15, 0.2) is 5.16 Å². The molecular formula is C22H23N5OS2. The number of carbonyl (C=O) groups excluding carboxylic acids is 1. The molecule has 1 N–H and O–H groups in total. The number of amides is 1. The summed E-state index contributed by atoms with van der Waals surface area (Å²) in [5.41, 5.74) is 3.89. The first-order valence-electron chi connectivity index (χ1n) is 9.92. The van der Waals surface area contributed by atoms with Crippen LogP contribution in [0.15, 0.2) is 29.4 Å². The molecule has 1 aliphatic rings. The zero-order valence-corrected chi connectivity index (χ0v) is 18.9. The lowest BCUT2D eigenvalue weighted by Crippen LogP contribution is -2.14. The number of benzene rings is 1. The van der Waals surface area contributed by atoms with E-state index in [1.54, 1.807) is 11.3 Å². The minimum atomic E-state index is -0.139. The summed E-state index contributed by atoms with van der Waals surface area (Å²) in [5.74, 6) is 1.46. The van der Waals surface area contributed by atoms with Crippen LogP contribution in [0.5, 0.6) is 0 Å². The molecule has 2 aromatic heterocycles. The highest BCUT2D eigenvalue weighted by Crippen LogP contribution is 2.39. The van der Waals surface area contributed by atoms with Gasteiger partial charge in [0.25, 0.3) is 0 Å². The van der Waals surface area contributed by atoms with Crippen LogP contribution in [-0.2, 0) is 17.6 Å². The Morgan fingerprint density at radius 2 is 2.23 bits per heavy atom. The van der Waals surface area contributed by atoms with Crippen molar-refractivity contribution in [2.75, 3.05) is 11.1 Å². The summed E-state index contributed by atoms with van der Waals surface area (Å²) >= 11 is 2.89. The van der Waals surface area contributed by atoms with Crippen molar-refractivity contribution >= 4 is 34.0 Å². The predicted octanol–water partition coefficient (Wildman–Crippen LogP) is 4.67. The molecule has 0 saturated carbocycles. The number of fused-ring (bicyclic) bond motifs is 1. The molecule has 1 aliphatic carbocycles. The van der Waals surface area contributed by atoms with E-state index in [9.17, 15) is 10.1 Å². The quantitative estimate of drug-likeness (QED) is 0.586. The van der Waals surface area contributed by atoms with E-state index in [4.69, 9.17) is 0 Å². The third-order valence-corrected chi connectivity index (χ3v) is 7.36. The Hall–Kier alpha value is -2.63. The molecule has 0 aliphatic heterocycles. The Morgan fingerprint density at radius 3 is 3.00 bits per heavy atom. The average molecular weight is 438 g/mol. The van der Waals surface area contributed by atoms with Gasteiger partial charge in [-0.1, -0.05) is 30.8 Å². The molecule has 2 heterocycles. The maximum Gasteiger partial charge on any atom is 0.235 e. The van der Waals surface area contributed by atoms with Crippen molar-refractivity contribution in [3.63, 3.8) is 0 Å². The van der Waals surface area contributed by atoms with Crippen LogP contribution >= 0.6 is 23.1 Å². The average Bonchev–Trinajstić information content (AvgIpc) is 3.25. The number of rotatable bonds is 5. The van der Waals surface area contributed by atoms with Crippen molar-refractivity contribution in [2.24, 2.45) is 5.92 Å². The summed E-state index contributed by atoms with van der Waals surface area (Å²) in [7, 11) is 0. The van der Waals surface area contributed by atoms with E-state index in [0.717, 1.165) is 41.9 Å². The van der Waals surface area contributed by atoms with Gasteiger partial charge in [0, 0.05) is 10.6 Å². The molecule has 3 aromatic rings. The van der Waals surface area contributed by atoms with Crippen LogP contribution in [0.1, 0.15) is 40.7 Å². The van der Waals surface area contributed by atoms with Crippen LogP contribution < -0.4 is 5.32 Å². The lowest BCUT2D eigenvalue weighted by molar-refractivity contribution is -0.113. The number of aryl methyl sites for hydroxylation is 2. The minimum Gasteiger partial charge on any atom is -0.316 e. The van der Waals surface area contributed by atoms with Crippen LogP contribution in [0.2, 0.25) is 0 Å². The SMILES string of the molecule is Cc1cccc(-n2c(C)nnc2SCC(=O)Nc2sc3c(c2C#N)CCC(C)C3)c1. The highest BCUT2D eigenvalue weighted by atomic mass is 32.2. The summed E-state index contributed by atoms with van der Waals surface area (Å²) in [4.78, 5) is 13.9. The molecule has 0 radical (unpaired) electrons. The van der Waals surface area contributed by atoms with Gasteiger partial charge in [-0.3, -0.25) is 9.36 Å². The number of thioether (sulfide) groups is 1. The van der Waals surface area contributed by atoms with E-state index in [0.29, 0.717) is 21.6 Å². The monoisotopic (exact) mass is 437 g/mol. The highest BCUT2D eigenvalue weighted by molar-refractivity contribution is 7.99. The van der Waals surface area contributed by atoms with Gasteiger partial charge in [-0.15, -0.1) is 21.5 Å². The molecule has 1 atom stereocenters. The molecule has 0 bridgehead atoms. The molecule has 154 valence electrons. The zero-order valence-electron chi connectivity index (χ0n) is 17.2. The summed E-state index contributed by atoms with van der Waals surface area (Å²) in [6.07, 6.45) is 2.99. The van der Waals surface area contributed by atoms with Gasteiger partial charge in [0.05, 0.1) is 11.3 Å². The molecule has 6 nitrogen and oxygen atoms in total. The molecule has 0 spiro atoms. The minimum absolute atomic E-state index is 0.139. The van der Waals surface area contributed by atoms with Gasteiger partial charge in [-0.05, 0) is 62.3 Å². The number of carbonyl (C=O) groups is 1. The van der Waals surface area contributed by atoms with Gasteiger partial charge in [0.2, 0.25) is 5.91 Å². The molecule has 8 heteroatoms. The lowest BCUT2D eigenvalue weighted by Gasteiger charge is -2.17. The zero-order chi connectivity index (χ0) is 21.3. The third kappa shape index (κ3) is 4.13. The summed E-state index contributed by atoms with van der Waals surface area (Å²) < 4.78 is 1.96. The maximum atomic E-state index is 12.6. The Balaban J connectivity index is 1.48. The molecule has 4 rings (SSSR count). The van der Waals surface area contributed by atoms with Gasteiger partial charge in [-0.25, -0.2) is 0 Å². The van der Waals surface area contributed by atoms with Crippen LogP contribution in [0, 0.1) is 31.1 Å². The standard InChI is InChI=1S/C22H23N5OS2/c1-13-5-4-6-16(9-13)27-15(3)25-26-22(27)29-12-20(28)24-21-18(11-23)17-8-7-14(2)10-19(17)30-21/h4-6,9,14H,7-8,10,12H2,1-3H3,(H,24,28). The van der Waals surface area contributed by atoms with Gasteiger partial charge in [-0.2, -0.15) is 5.26 Å². The first-order valence-corrected chi connectivity index (χ1v) is 11.7. The molecule has 1 amide bonds. The second-order valence-corrected chi connectivity index (χ2v) is 9.76. The normalized spacial score (nSPS) is 15.5. The molecule has 1 unspecified atom stereocenters. The van der Waals surface area contributed by atoms with Gasteiger partial charge in [0.1, 0.15) is 16.9 Å². The molecule has 30 heavy (non-hydrogen) atoms. The van der Waals surface area contributed by atoms with Crippen LogP contribution in [-0.4, -0.2) is 26.4 Å². The largest absolute Gasteiger partial charge is 0.316 e. The van der Waals surface area contributed by atoms with Crippen LogP contribution in [0.4, 0.5) is 5.00 Å². The highest BCUT2D eigenvalue weighted by Gasteiger charge is 2.25. The number of nitrogens with one attached hydrogen (secondary N) is 1.